The molecule has 2 amide bonds. The maximum Gasteiger partial charge on any atom is 0.255 e. The number of nitrogens with zero attached hydrogens (tertiary/aromatic N) is 2. The average Bonchev–Trinajstić information content (AvgIpc) is 3.11. The Balaban J connectivity index is 1.87. The van der Waals surface area contributed by atoms with Gasteiger partial charge in [0.15, 0.2) is 0 Å². The molecule has 2 heterocycles. The summed E-state index contributed by atoms with van der Waals surface area (Å²) in [5.41, 5.74) is 7.63. The van der Waals surface area contributed by atoms with Crippen LogP contribution in [0.2, 0.25) is 5.02 Å². The van der Waals surface area contributed by atoms with Crippen molar-refractivity contribution in [2.45, 2.75) is 12.5 Å². The number of aromatic nitrogens is 3. The first-order valence-corrected chi connectivity index (χ1v) is 8.21. The first-order chi connectivity index (χ1) is 12.5. The van der Waals surface area contributed by atoms with E-state index in [-0.39, 0.29) is 12.3 Å². The van der Waals surface area contributed by atoms with Crippen LogP contribution in [0.4, 0.5) is 0 Å². The van der Waals surface area contributed by atoms with Crippen LogP contribution in [0.25, 0.3) is 11.3 Å². The molecule has 0 bridgehead atoms. The zero-order chi connectivity index (χ0) is 18.5. The van der Waals surface area contributed by atoms with Crippen molar-refractivity contribution in [1.29, 1.82) is 0 Å². The highest BCUT2D eigenvalue weighted by atomic mass is 35.5. The van der Waals surface area contributed by atoms with Gasteiger partial charge in [0.1, 0.15) is 0 Å². The fourth-order valence-electron chi connectivity index (χ4n) is 2.60. The van der Waals surface area contributed by atoms with E-state index in [1.54, 1.807) is 42.7 Å². The number of nitrogens with one attached hydrogen (secondary N) is 2. The monoisotopic (exact) mass is 369 g/mol. The molecule has 0 saturated heterocycles. The molecule has 1 atom stereocenters. The minimum atomic E-state index is -0.602. The van der Waals surface area contributed by atoms with E-state index in [9.17, 15) is 9.59 Å². The number of nitrogens with two attached hydrogens (primary N) is 1. The Morgan fingerprint density at radius 2 is 2.08 bits per heavy atom. The lowest BCUT2D eigenvalue weighted by Gasteiger charge is -2.18. The smallest absolute Gasteiger partial charge is 0.255 e. The third kappa shape index (κ3) is 4.07. The lowest BCUT2D eigenvalue weighted by Crippen LogP contribution is -2.32. The normalized spacial score (nSPS) is 11.7. The van der Waals surface area contributed by atoms with Crippen LogP contribution in [0.3, 0.4) is 0 Å². The predicted molar refractivity (Wildman–Crippen MR) is 97.3 cm³/mol. The fourth-order valence-corrected chi connectivity index (χ4v) is 2.80. The van der Waals surface area contributed by atoms with E-state index < -0.39 is 11.9 Å². The Hall–Kier alpha value is -3.19. The number of H-pyrrole nitrogens is 1. The van der Waals surface area contributed by atoms with Gasteiger partial charge in [-0.2, -0.15) is 5.10 Å². The van der Waals surface area contributed by atoms with Gasteiger partial charge >= 0.3 is 0 Å². The second-order valence-electron chi connectivity index (χ2n) is 5.65. The summed E-state index contributed by atoms with van der Waals surface area (Å²) in [7, 11) is 0. The standard InChI is InChI=1S/C18H16ClN5O2/c19-13-5-1-3-11(7-13)15(8-16(20)25)23-18(26)14-10-22-24-17(14)12-4-2-6-21-9-12/h1-7,9-10,15H,8H2,(H2,20,25)(H,22,24)(H,23,26)/t15-/m0/s1. The molecule has 0 radical (unpaired) electrons. The van der Waals surface area contributed by atoms with Gasteiger partial charge in [-0.3, -0.25) is 19.7 Å². The van der Waals surface area contributed by atoms with Crippen LogP contribution in [-0.4, -0.2) is 27.0 Å². The molecule has 0 unspecified atom stereocenters. The Kier molecular flexibility index (Phi) is 5.28. The average molecular weight is 370 g/mol. The van der Waals surface area contributed by atoms with E-state index in [1.807, 2.05) is 6.07 Å². The highest BCUT2D eigenvalue weighted by Gasteiger charge is 2.21. The molecule has 7 nitrogen and oxygen atoms in total. The van der Waals surface area contributed by atoms with Gasteiger partial charge < -0.3 is 11.1 Å². The quantitative estimate of drug-likeness (QED) is 0.619. The number of hydrogen-bond donors (Lipinski definition) is 3. The van der Waals surface area contributed by atoms with Crippen molar-refractivity contribution in [3.8, 4) is 11.3 Å². The van der Waals surface area contributed by atoms with E-state index >= 15 is 0 Å². The Morgan fingerprint density at radius 1 is 1.23 bits per heavy atom. The van der Waals surface area contributed by atoms with Gasteiger partial charge in [0.25, 0.3) is 5.91 Å². The van der Waals surface area contributed by atoms with E-state index in [1.165, 1.54) is 6.20 Å². The summed E-state index contributed by atoms with van der Waals surface area (Å²) >= 11 is 6.02. The number of aromatic amines is 1. The maximum atomic E-state index is 12.8. The fraction of sp³-hybridized carbons (Fsp3) is 0.111. The molecule has 0 aliphatic carbocycles. The molecule has 4 N–H and O–H groups in total. The van der Waals surface area contributed by atoms with Crippen LogP contribution in [0, 0.1) is 0 Å². The van der Waals surface area contributed by atoms with E-state index in [2.05, 4.69) is 20.5 Å². The molecule has 2 aromatic heterocycles. The summed E-state index contributed by atoms with van der Waals surface area (Å²) in [6.07, 6.45) is 4.65. The van der Waals surface area contributed by atoms with Crippen LogP contribution in [-0.2, 0) is 4.79 Å². The number of primary amides is 1. The molecular weight excluding hydrogens is 354 g/mol. The van der Waals surface area contributed by atoms with Crippen molar-refractivity contribution >= 4 is 23.4 Å². The Labute approximate surface area is 154 Å². The van der Waals surface area contributed by atoms with Crippen LogP contribution in [0.15, 0.2) is 55.0 Å². The van der Waals surface area contributed by atoms with E-state index in [0.717, 1.165) is 5.56 Å². The number of halogens is 1. The molecule has 0 aliphatic rings. The SMILES string of the molecule is NC(=O)C[C@H](NC(=O)c1cn[nH]c1-c1cccnc1)c1cccc(Cl)c1. The number of carbonyl (C=O) groups excluding carboxylic acids is 2. The molecule has 1 aromatic carbocycles. The zero-order valence-corrected chi connectivity index (χ0v) is 14.4. The predicted octanol–water partition coefficient (Wildman–Crippen LogP) is 2.47. The van der Waals surface area contributed by atoms with Gasteiger partial charge in [0.2, 0.25) is 5.91 Å². The molecule has 26 heavy (non-hydrogen) atoms. The Bertz CT molecular complexity index is 926. The van der Waals surface area contributed by atoms with Crippen molar-refractivity contribution in [1.82, 2.24) is 20.5 Å². The minimum absolute atomic E-state index is 0.0494. The van der Waals surface area contributed by atoms with Crippen LogP contribution >= 0.6 is 11.6 Å². The van der Waals surface area contributed by atoms with Crippen LogP contribution in [0.1, 0.15) is 28.4 Å². The Morgan fingerprint density at radius 3 is 2.77 bits per heavy atom. The second-order valence-corrected chi connectivity index (χ2v) is 6.09. The molecular formula is C18H16ClN5O2. The van der Waals surface area contributed by atoms with E-state index in [4.69, 9.17) is 17.3 Å². The van der Waals surface area contributed by atoms with Gasteiger partial charge in [-0.05, 0) is 29.8 Å². The topological polar surface area (TPSA) is 114 Å². The summed E-state index contributed by atoms with van der Waals surface area (Å²) in [6, 6.07) is 9.90. The minimum Gasteiger partial charge on any atom is -0.370 e. The van der Waals surface area contributed by atoms with E-state index in [0.29, 0.717) is 21.8 Å². The van der Waals surface area contributed by atoms with Crippen molar-refractivity contribution in [2.75, 3.05) is 0 Å². The van der Waals surface area contributed by atoms with Gasteiger partial charge in [-0.25, -0.2) is 0 Å². The first kappa shape index (κ1) is 17.6. The second kappa shape index (κ2) is 7.79. The molecule has 0 saturated carbocycles. The number of pyridine rings is 1. The molecule has 8 heteroatoms. The maximum absolute atomic E-state index is 12.8. The highest BCUT2D eigenvalue weighted by molar-refractivity contribution is 6.30. The lowest BCUT2D eigenvalue weighted by molar-refractivity contribution is -0.118. The van der Waals surface area contributed by atoms with Gasteiger partial charge in [-0.15, -0.1) is 0 Å². The number of carbonyl (C=O) groups is 2. The van der Waals surface area contributed by atoms with Crippen molar-refractivity contribution in [3.63, 3.8) is 0 Å². The van der Waals surface area contributed by atoms with Gasteiger partial charge in [0, 0.05) is 23.0 Å². The summed E-state index contributed by atoms with van der Waals surface area (Å²) in [5.74, 6) is -0.918. The van der Waals surface area contributed by atoms with Crippen LogP contribution in [0.5, 0.6) is 0 Å². The van der Waals surface area contributed by atoms with Crippen molar-refractivity contribution < 1.29 is 9.59 Å². The molecule has 132 valence electrons. The van der Waals surface area contributed by atoms with Gasteiger partial charge in [0.05, 0.1) is 29.9 Å². The summed E-state index contributed by atoms with van der Waals surface area (Å²) in [6.45, 7) is 0. The molecule has 3 aromatic rings. The van der Waals surface area contributed by atoms with Crippen LogP contribution < -0.4 is 11.1 Å². The third-order valence-corrected chi connectivity index (χ3v) is 4.03. The molecule has 0 fully saturated rings. The number of hydrogen-bond acceptors (Lipinski definition) is 4. The van der Waals surface area contributed by atoms with Crippen molar-refractivity contribution in [3.05, 3.63) is 71.1 Å². The zero-order valence-electron chi connectivity index (χ0n) is 13.6. The highest BCUT2D eigenvalue weighted by Crippen LogP contribution is 2.23. The number of benzene rings is 1. The molecule has 3 rings (SSSR count). The summed E-state index contributed by atoms with van der Waals surface area (Å²) < 4.78 is 0. The largest absolute Gasteiger partial charge is 0.370 e. The third-order valence-electron chi connectivity index (χ3n) is 3.80. The number of amides is 2. The lowest BCUT2D eigenvalue weighted by atomic mass is 10.0. The molecule has 0 spiro atoms. The summed E-state index contributed by atoms with van der Waals surface area (Å²) in [4.78, 5) is 28.3. The number of rotatable bonds is 6. The van der Waals surface area contributed by atoms with Gasteiger partial charge in [-0.1, -0.05) is 23.7 Å². The summed E-state index contributed by atoms with van der Waals surface area (Å²) in [5, 5.41) is 10.1. The van der Waals surface area contributed by atoms with Crippen molar-refractivity contribution in [2.24, 2.45) is 5.73 Å². The first-order valence-electron chi connectivity index (χ1n) is 7.83. The molecule has 0 aliphatic heterocycles.